The molecular formula is C33H39N3O2. The van der Waals surface area contributed by atoms with Crippen LogP contribution in [0.2, 0.25) is 0 Å². The summed E-state index contributed by atoms with van der Waals surface area (Å²) in [6.45, 7) is 5.14. The van der Waals surface area contributed by atoms with Crippen molar-refractivity contribution in [3.8, 4) is 34.1 Å². The smallest absolute Gasteiger partial charge is 0.161 e. The average Bonchev–Trinajstić information content (AvgIpc) is 3.34. The van der Waals surface area contributed by atoms with Crippen LogP contribution in [0.25, 0.3) is 22.6 Å². The molecule has 5 heteroatoms. The fraction of sp³-hybridized carbons (Fsp3) is 0.364. The Morgan fingerprint density at radius 3 is 2.24 bits per heavy atom. The Morgan fingerprint density at radius 2 is 1.55 bits per heavy atom. The number of likely N-dealkylation sites (tertiary alicyclic amines) is 1. The molecule has 0 saturated carbocycles. The van der Waals surface area contributed by atoms with Gasteiger partial charge in [-0.25, -0.2) is 4.98 Å². The first-order chi connectivity index (χ1) is 18.7. The van der Waals surface area contributed by atoms with Gasteiger partial charge in [0.05, 0.1) is 25.6 Å². The monoisotopic (exact) mass is 509 g/mol. The van der Waals surface area contributed by atoms with Crippen molar-refractivity contribution >= 4 is 0 Å². The molecule has 0 amide bonds. The maximum atomic E-state index is 5.66. The van der Waals surface area contributed by atoms with Gasteiger partial charge in [-0.1, -0.05) is 86.5 Å². The maximum Gasteiger partial charge on any atom is 0.161 e. The molecule has 1 aliphatic heterocycles. The van der Waals surface area contributed by atoms with Gasteiger partial charge in [-0.2, -0.15) is 0 Å². The first-order valence-corrected chi connectivity index (χ1v) is 13.9. The molecule has 198 valence electrons. The van der Waals surface area contributed by atoms with E-state index in [1.54, 1.807) is 14.2 Å². The first kappa shape index (κ1) is 26.1. The third kappa shape index (κ3) is 5.48. The topological polar surface area (TPSA) is 39.5 Å². The van der Waals surface area contributed by atoms with Crippen molar-refractivity contribution in [3.63, 3.8) is 0 Å². The first-order valence-electron chi connectivity index (χ1n) is 13.9. The van der Waals surface area contributed by atoms with Crippen molar-refractivity contribution in [1.29, 1.82) is 0 Å². The fourth-order valence-corrected chi connectivity index (χ4v) is 5.65. The molecule has 1 saturated heterocycles. The van der Waals surface area contributed by atoms with E-state index >= 15 is 0 Å². The molecule has 0 spiro atoms. The van der Waals surface area contributed by atoms with Crippen molar-refractivity contribution < 1.29 is 9.47 Å². The van der Waals surface area contributed by atoms with Crippen LogP contribution >= 0.6 is 0 Å². The maximum absolute atomic E-state index is 5.66. The second-order valence-electron chi connectivity index (χ2n) is 10.1. The molecule has 1 aromatic heterocycles. The number of methoxy groups -OCH3 is 2. The molecule has 0 N–H and O–H groups in total. The minimum Gasteiger partial charge on any atom is -0.493 e. The Kier molecular flexibility index (Phi) is 8.44. The van der Waals surface area contributed by atoms with E-state index < -0.39 is 0 Å². The second kappa shape index (κ2) is 12.3. The summed E-state index contributed by atoms with van der Waals surface area (Å²) in [5.41, 5.74) is 6.02. The van der Waals surface area contributed by atoms with Crippen molar-refractivity contribution in [2.24, 2.45) is 0 Å². The predicted molar refractivity (Wildman–Crippen MR) is 155 cm³/mol. The fourth-order valence-electron chi connectivity index (χ4n) is 5.65. The molecule has 1 unspecified atom stereocenters. The number of hydrogen-bond donors (Lipinski definition) is 0. The number of unbranched alkanes of at least 4 members (excludes halogenated alkanes) is 1. The minimum atomic E-state index is 0.321. The van der Waals surface area contributed by atoms with Crippen molar-refractivity contribution in [2.45, 2.75) is 58.2 Å². The molecule has 0 aliphatic carbocycles. The molecule has 1 fully saturated rings. The summed E-state index contributed by atoms with van der Waals surface area (Å²) in [6, 6.07) is 28.0. The van der Waals surface area contributed by atoms with Crippen LogP contribution in [0.15, 0.2) is 78.9 Å². The predicted octanol–water partition coefficient (Wildman–Crippen LogP) is 7.76. The van der Waals surface area contributed by atoms with Crippen LogP contribution < -0.4 is 9.47 Å². The highest BCUT2D eigenvalue weighted by atomic mass is 16.5. The van der Waals surface area contributed by atoms with E-state index in [0.717, 1.165) is 61.9 Å². The van der Waals surface area contributed by atoms with Crippen LogP contribution in [0.4, 0.5) is 0 Å². The molecule has 5 nitrogen and oxygen atoms in total. The quantitative estimate of drug-likeness (QED) is 0.219. The normalized spacial score (nSPS) is 15.9. The number of imidazole rings is 1. The summed E-state index contributed by atoms with van der Waals surface area (Å²) in [4.78, 5) is 7.96. The molecular weight excluding hydrogens is 470 g/mol. The van der Waals surface area contributed by atoms with Gasteiger partial charge in [0.15, 0.2) is 11.5 Å². The Bertz CT molecular complexity index is 1320. The SMILES string of the molecule is CCCCn1c(-c2ccccc2)nc(-c2ccccc2)c1CN1CCCCC1c1ccc(OC)c(OC)c1. The van der Waals surface area contributed by atoms with Crippen LogP contribution in [0.5, 0.6) is 11.5 Å². The van der Waals surface area contributed by atoms with Gasteiger partial charge in [0.1, 0.15) is 5.82 Å². The van der Waals surface area contributed by atoms with E-state index in [9.17, 15) is 0 Å². The van der Waals surface area contributed by atoms with Gasteiger partial charge < -0.3 is 14.0 Å². The lowest BCUT2D eigenvalue weighted by Crippen LogP contribution is -2.34. The largest absolute Gasteiger partial charge is 0.493 e. The summed E-state index contributed by atoms with van der Waals surface area (Å²) in [5, 5.41) is 0. The molecule has 4 aromatic rings. The lowest BCUT2D eigenvalue weighted by atomic mass is 9.94. The average molecular weight is 510 g/mol. The van der Waals surface area contributed by atoms with Gasteiger partial charge in [-0.05, 0) is 43.5 Å². The Balaban J connectivity index is 1.59. The number of hydrogen-bond acceptors (Lipinski definition) is 4. The molecule has 5 rings (SSSR count). The van der Waals surface area contributed by atoms with E-state index in [2.05, 4.69) is 89.2 Å². The molecule has 38 heavy (non-hydrogen) atoms. The zero-order valence-corrected chi connectivity index (χ0v) is 22.9. The number of benzene rings is 3. The van der Waals surface area contributed by atoms with E-state index in [1.165, 1.54) is 35.2 Å². The number of aromatic nitrogens is 2. The van der Waals surface area contributed by atoms with Gasteiger partial charge in [0.25, 0.3) is 0 Å². The van der Waals surface area contributed by atoms with Crippen molar-refractivity contribution in [2.75, 3.05) is 20.8 Å². The lowest BCUT2D eigenvalue weighted by Gasteiger charge is -2.36. The van der Waals surface area contributed by atoms with Crippen LogP contribution in [0, 0.1) is 0 Å². The third-order valence-corrected chi connectivity index (χ3v) is 7.65. The van der Waals surface area contributed by atoms with Crippen LogP contribution in [-0.2, 0) is 13.1 Å². The molecule has 1 aliphatic rings. The van der Waals surface area contributed by atoms with Crippen molar-refractivity contribution in [3.05, 3.63) is 90.1 Å². The Labute approximate surface area is 227 Å². The number of rotatable bonds is 10. The number of ether oxygens (including phenoxy) is 2. The molecule has 1 atom stereocenters. The van der Waals surface area contributed by atoms with Crippen LogP contribution in [0.1, 0.15) is 56.3 Å². The zero-order chi connectivity index (χ0) is 26.3. The second-order valence-corrected chi connectivity index (χ2v) is 10.1. The summed E-state index contributed by atoms with van der Waals surface area (Å²) in [6.07, 6.45) is 5.83. The van der Waals surface area contributed by atoms with Crippen LogP contribution in [0.3, 0.4) is 0 Å². The van der Waals surface area contributed by atoms with Gasteiger partial charge in [-0.3, -0.25) is 4.90 Å². The summed E-state index contributed by atoms with van der Waals surface area (Å²) in [7, 11) is 3.40. The van der Waals surface area contributed by atoms with Gasteiger partial charge >= 0.3 is 0 Å². The highest BCUT2D eigenvalue weighted by molar-refractivity contribution is 5.68. The van der Waals surface area contributed by atoms with Crippen molar-refractivity contribution in [1.82, 2.24) is 14.5 Å². The Morgan fingerprint density at radius 1 is 0.842 bits per heavy atom. The minimum absolute atomic E-state index is 0.321. The zero-order valence-electron chi connectivity index (χ0n) is 22.9. The number of piperidine rings is 1. The summed E-state index contributed by atoms with van der Waals surface area (Å²) < 4.78 is 13.7. The standard InChI is InChI=1S/C33H39N3O2/c1-4-5-22-36-29(32(25-14-8-6-9-15-25)34-33(36)26-16-10-7-11-17-26)24-35-21-13-12-18-28(35)27-19-20-30(37-2)31(23-27)38-3/h6-11,14-17,19-20,23,28H,4-5,12-13,18,21-22,24H2,1-3H3. The van der Waals surface area contributed by atoms with E-state index in [4.69, 9.17) is 14.5 Å². The van der Waals surface area contributed by atoms with Gasteiger partial charge in [-0.15, -0.1) is 0 Å². The summed E-state index contributed by atoms with van der Waals surface area (Å²) in [5.74, 6) is 2.63. The third-order valence-electron chi connectivity index (χ3n) is 7.65. The van der Waals surface area contributed by atoms with E-state index in [0.29, 0.717) is 6.04 Å². The Hall–Kier alpha value is -3.57. The van der Waals surface area contributed by atoms with Gasteiger partial charge in [0, 0.05) is 30.3 Å². The highest BCUT2D eigenvalue weighted by Gasteiger charge is 2.28. The number of nitrogens with zero attached hydrogens (tertiary/aromatic N) is 3. The highest BCUT2D eigenvalue weighted by Crippen LogP contribution is 2.39. The molecule has 0 radical (unpaired) electrons. The molecule has 3 aromatic carbocycles. The molecule has 0 bridgehead atoms. The van der Waals surface area contributed by atoms with Gasteiger partial charge in [0.2, 0.25) is 0 Å². The van der Waals surface area contributed by atoms with E-state index in [-0.39, 0.29) is 0 Å². The molecule has 2 heterocycles. The van der Waals surface area contributed by atoms with Crippen LogP contribution in [-0.4, -0.2) is 35.2 Å². The summed E-state index contributed by atoms with van der Waals surface area (Å²) >= 11 is 0. The lowest BCUT2D eigenvalue weighted by molar-refractivity contribution is 0.137. The van der Waals surface area contributed by atoms with E-state index in [1.807, 2.05) is 6.07 Å².